The third-order valence-electron chi connectivity index (χ3n) is 1.26. The smallest absolute Gasteiger partial charge is 0.225 e. The zero-order valence-electron chi connectivity index (χ0n) is 5.80. The first-order valence-electron chi connectivity index (χ1n) is 3.06. The molecule has 0 aliphatic carbocycles. The third kappa shape index (κ3) is 1.14. The maximum Gasteiger partial charge on any atom is 0.225 e. The van der Waals surface area contributed by atoms with Crippen LogP contribution in [0.4, 0.5) is 0 Å². The van der Waals surface area contributed by atoms with Crippen LogP contribution in [0.25, 0.3) is 5.70 Å². The van der Waals surface area contributed by atoms with Gasteiger partial charge in [-0.15, -0.1) is 5.10 Å². The van der Waals surface area contributed by atoms with Gasteiger partial charge in [-0.1, -0.05) is 0 Å². The summed E-state index contributed by atoms with van der Waals surface area (Å²) in [5.74, 6) is 0. The molecular formula is C5H4N4O2S. The van der Waals surface area contributed by atoms with E-state index in [1.807, 2.05) is 0 Å². The molecule has 1 aromatic heterocycles. The molecule has 2 heterocycles. The quantitative estimate of drug-likeness (QED) is 0.515. The molecule has 0 radical (unpaired) electrons. The molecule has 0 saturated heterocycles. The van der Waals surface area contributed by atoms with E-state index in [1.54, 1.807) is 6.20 Å². The van der Waals surface area contributed by atoms with Crippen LogP contribution in [0.3, 0.4) is 0 Å². The lowest BCUT2D eigenvalue weighted by Crippen LogP contribution is -2.01. The van der Waals surface area contributed by atoms with Gasteiger partial charge in [-0.3, -0.25) is 4.79 Å². The van der Waals surface area contributed by atoms with Crippen molar-refractivity contribution in [1.82, 2.24) is 19.4 Å². The second-order valence-corrected chi connectivity index (χ2v) is 2.80. The van der Waals surface area contributed by atoms with Gasteiger partial charge in [0.2, 0.25) is 6.41 Å². The third-order valence-corrected chi connectivity index (χ3v) is 1.97. The van der Waals surface area contributed by atoms with Gasteiger partial charge in [0, 0.05) is 11.5 Å². The summed E-state index contributed by atoms with van der Waals surface area (Å²) in [6, 6.07) is 0. The van der Waals surface area contributed by atoms with Crippen molar-refractivity contribution in [3.05, 3.63) is 18.2 Å². The Morgan fingerprint density at radius 3 is 3.25 bits per heavy atom. The molecule has 0 bridgehead atoms. The maximum atomic E-state index is 10.3. The molecule has 0 fully saturated rings. The van der Waals surface area contributed by atoms with Crippen LogP contribution in [-0.4, -0.2) is 21.1 Å². The van der Waals surface area contributed by atoms with Gasteiger partial charge in [0.25, 0.3) is 0 Å². The molecule has 1 amide bonds. The fourth-order valence-corrected chi connectivity index (χ4v) is 1.30. The SMILES string of the molecule is O=CN1C=C(c2conn2)NS1. The average Bonchev–Trinajstić information content (AvgIpc) is 2.75. The van der Waals surface area contributed by atoms with Crippen LogP contribution in [-0.2, 0) is 4.79 Å². The summed E-state index contributed by atoms with van der Waals surface area (Å²) in [6.45, 7) is 0. The van der Waals surface area contributed by atoms with Gasteiger partial charge < -0.3 is 9.25 Å². The minimum atomic E-state index is 0.576. The summed E-state index contributed by atoms with van der Waals surface area (Å²) >= 11 is 1.16. The van der Waals surface area contributed by atoms with Crippen molar-refractivity contribution in [1.29, 1.82) is 0 Å². The van der Waals surface area contributed by atoms with E-state index in [-0.39, 0.29) is 0 Å². The lowest BCUT2D eigenvalue weighted by molar-refractivity contribution is -0.112. The normalized spacial score (nSPS) is 15.7. The van der Waals surface area contributed by atoms with Gasteiger partial charge in [0.15, 0.2) is 12.0 Å². The highest BCUT2D eigenvalue weighted by atomic mass is 32.2. The molecule has 12 heavy (non-hydrogen) atoms. The number of hydrogen-bond acceptors (Lipinski definition) is 6. The fourth-order valence-electron chi connectivity index (χ4n) is 0.734. The van der Waals surface area contributed by atoms with Crippen molar-refractivity contribution in [2.45, 2.75) is 0 Å². The van der Waals surface area contributed by atoms with Crippen molar-refractivity contribution in [2.75, 3.05) is 0 Å². The van der Waals surface area contributed by atoms with Crippen molar-refractivity contribution in [3.8, 4) is 0 Å². The number of carbonyl (C=O) groups is 1. The summed E-state index contributed by atoms with van der Waals surface area (Å²) < 4.78 is 8.79. The minimum absolute atomic E-state index is 0.576. The van der Waals surface area contributed by atoms with Gasteiger partial charge in [0.05, 0.1) is 17.8 Å². The topological polar surface area (TPSA) is 71.3 Å². The second-order valence-electron chi connectivity index (χ2n) is 1.99. The Kier molecular flexibility index (Phi) is 1.71. The van der Waals surface area contributed by atoms with Crippen LogP contribution in [0, 0.1) is 0 Å². The largest absolute Gasteiger partial charge is 0.345 e. The molecule has 62 valence electrons. The van der Waals surface area contributed by atoms with Crippen LogP contribution in [0.15, 0.2) is 17.0 Å². The van der Waals surface area contributed by atoms with Gasteiger partial charge >= 0.3 is 0 Å². The molecule has 0 aromatic carbocycles. The Bertz CT molecular complexity index is 309. The van der Waals surface area contributed by atoms with E-state index in [2.05, 4.69) is 19.6 Å². The zero-order valence-corrected chi connectivity index (χ0v) is 6.61. The Morgan fingerprint density at radius 1 is 1.75 bits per heavy atom. The highest BCUT2D eigenvalue weighted by Crippen LogP contribution is 2.21. The van der Waals surface area contributed by atoms with E-state index in [0.717, 1.165) is 12.1 Å². The van der Waals surface area contributed by atoms with Crippen molar-refractivity contribution in [3.63, 3.8) is 0 Å². The Labute approximate surface area is 71.8 Å². The molecule has 0 unspecified atom stereocenters. The van der Waals surface area contributed by atoms with E-state index in [1.165, 1.54) is 10.6 Å². The number of rotatable bonds is 2. The fraction of sp³-hybridized carbons (Fsp3) is 0. The number of nitrogens with one attached hydrogen (secondary N) is 1. The summed E-state index contributed by atoms with van der Waals surface area (Å²) in [7, 11) is 0. The molecular weight excluding hydrogens is 180 g/mol. The van der Waals surface area contributed by atoms with Crippen LogP contribution in [0.1, 0.15) is 5.69 Å². The first kappa shape index (κ1) is 7.17. The maximum absolute atomic E-state index is 10.3. The molecule has 1 aromatic rings. The van der Waals surface area contributed by atoms with Crippen LogP contribution < -0.4 is 4.72 Å². The molecule has 6 nitrogen and oxygen atoms in total. The highest BCUT2D eigenvalue weighted by Gasteiger charge is 2.15. The number of aromatic nitrogens is 2. The second kappa shape index (κ2) is 2.86. The average molecular weight is 184 g/mol. The Balaban J connectivity index is 2.22. The monoisotopic (exact) mass is 184 g/mol. The van der Waals surface area contributed by atoms with E-state index in [0.29, 0.717) is 17.8 Å². The summed E-state index contributed by atoms with van der Waals surface area (Å²) in [6.07, 6.45) is 3.70. The lowest BCUT2D eigenvalue weighted by atomic mass is 10.4. The van der Waals surface area contributed by atoms with Gasteiger partial charge in [-0.2, -0.15) is 0 Å². The van der Waals surface area contributed by atoms with E-state index in [9.17, 15) is 4.79 Å². The zero-order chi connectivity index (χ0) is 8.39. The molecule has 0 spiro atoms. The molecule has 2 rings (SSSR count). The molecule has 0 atom stereocenters. The molecule has 1 aliphatic rings. The first-order chi connectivity index (χ1) is 5.90. The van der Waals surface area contributed by atoms with E-state index < -0.39 is 0 Å². The number of hydrogen-bond donors (Lipinski definition) is 1. The molecule has 1 aliphatic heterocycles. The number of carbonyl (C=O) groups excluding carboxylic acids is 1. The van der Waals surface area contributed by atoms with E-state index in [4.69, 9.17) is 0 Å². The highest BCUT2D eigenvalue weighted by molar-refractivity contribution is 7.96. The van der Waals surface area contributed by atoms with E-state index >= 15 is 0 Å². The van der Waals surface area contributed by atoms with Gasteiger partial charge in [0.1, 0.15) is 0 Å². The number of nitrogens with zero attached hydrogens (tertiary/aromatic N) is 3. The molecule has 1 N–H and O–H groups in total. The minimum Gasteiger partial charge on any atom is -0.345 e. The van der Waals surface area contributed by atoms with Gasteiger partial charge in [-0.05, 0) is 0 Å². The predicted molar refractivity (Wildman–Crippen MR) is 40.9 cm³/mol. The Hall–Kier alpha value is -1.50. The molecule has 0 saturated carbocycles. The lowest BCUT2D eigenvalue weighted by Gasteiger charge is -1.97. The van der Waals surface area contributed by atoms with Crippen LogP contribution in [0.2, 0.25) is 0 Å². The number of amides is 1. The first-order valence-corrected chi connectivity index (χ1v) is 3.83. The van der Waals surface area contributed by atoms with Crippen LogP contribution in [0.5, 0.6) is 0 Å². The summed E-state index contributed by atoms with van der Waals surface area (Å²) in [5, 5.41) is 6.96. The standard InChI is InChI=1S/C5H4N4O2S/c10-3-9-1-4(7-12-9)5-2-11-8-6-5/h1-3,7H. The van der Waals surface area contributed by atoms with Crippen molar-refractivity contribution >= 4 is 24.2 Å². The summed E-state index contributed by atoms with van der Waals surface area (Å²) in [4.78, 5) is 10.3. The predicted octanol–water partition coefficient (Wildman–Crippen LogP) is -0.00720. The Morgan fingerprint density at radius 2 is 2.67 bits per heavy atom. The van der Waals surface area contributed by atoms with Crippen molar-refractivity contribution < 1.29 is 9.32 Å². The summed E-state index contributed by atoms with van der Waals surface area (Å²) in [5.41, 5.74) is 1.28. The van der Waals surface area contributed by atoms with Gasteiger partial charge in [-0.25, -0.2) is 4.31 Å². The molecule has 7 heteroatoms. The van der Waals surface area contributed by atoms with Crippen LogP contribution >= 0.6 is 12.1 Å². The van der Waals surface area contributed by atoms with Crippen molar-refractivity contribution in [2.24, 2.45) is 0 Å².